The minimum Gasteiger partial charge on any atom is -0.352 e. The zero-order valence-electron chi connectivity index (χ0n) is 16.0. The van der Waals surface area contributed by atoms with E-state index in [0.29, 0.717) is 10.2 Å². The largest absolute Gasteiger partial charge is 0.352 e. The molecule has 0 aliphatic rings. The fraction of sp³-hybridized carbons (Fsp3) is 0.227. The number of carbonyl (C=O) groups excluding carboxylic acids is 1. The number of nitrogens with one attached hydrogen (secondary N) is 1. The summed E-state index contributed by atoms with van der Waals surface area (Å²) in [5.74, 6) is -0.179. The third kappa shape index (κ3) is 4.46. The van der Waals surface area contributed by atoms with Gasteiger partial charge in [-0.1, -0.05) is 36.4 Å². The maximum atomic E-state index is 13.0. The highest BCUT2D eigenvalue weighted by molar-refractivity contribution is 7.18. The van der Waals surface area contributed by atoms with Gasteiger partial charge in [0, 0.05) is 21.9 Å². The summed E-state index contributed by atoms with van der Waals surface area (Å²) >= 11 is 3.04. The fourth-order valence-electron chi connectivity index (χ4n) is 3.27. The lowest BCUT2D eigenvalue weighted by atomic mass is 10.1. The van der Waals surface area contributed by atoms with Crippen LogP contribution in [0, 0.1) is 0 Å². The van der Waals surface area contributed by atoms with Crippen LogP contribution in [0.3, 0.4) is 0 Å². The molecule has 1 amide bonds. The number of carbonyl (C=O) groups is 1. The molecule has 0 radical (unpaired) electrons. The van der Waals surface area contributed by atoms with Crippen LogP contribution in [0.2, 0.25) is 0 Å². The maximum Gasteiger partial charge on any atom is 0.263 e. The van der Waals surface area contributed by atoms with Gasteiger partial charge >= 0.3 is 0 Å². The van der Waals surface area contributed by atoms with Gasteiger partial charge in [0.25, 0.3) is 5.56 Å². The predicted octanol–water partition coefficient (Wildman–Crippen LogP) is 4.32. The Hall–Kier alpha value is -2.77. The van der Waals surface area contributed by atoms with E-state index in [1.54, 1.807) is 11.3 Å². The molecule has 148 valence electrons. The first-order valence-corrected chi connectivity index (χ1v) is 11.2. The van der Waals surface area contributed by atoms with Gasteiger partial charge in [-0.2, -0.15) is 0 Å². The Bertz CT molecular complexity index is 1160. The van der Waals surface area contributed by atoms with Gasteiger partial charge in [0.2, 0.25) is 5.91 Å². The van der Waals surface area contributed by atoms with E-state index in [-0.39, 0.29) is 24.1 Å². The van der Waals surface area contributed by atoms with E-state index in [9.17, 15) is 9.59 Å². The highest BCUT2D eigenvalue weighted by Crippen LogP contribution is 2.33. The van der Waals surface area contributed by atoms with Crippen molar-refractivity contribution in [2.24, 2.45) is 0 Å². The van der Waals surface area contributed by atoms with Crippen molar-refractivity contribution in [3.8, 4) is 10.4 Å². The minimum absolute atomic E-state index is 0.0259. The Morgan fingerprint density at radius 1 is 1.17 bits per heavy atom. The molecule has 1 atom stereocenters. The molecule has 4 aromatic rings. The Morgan fingerprint density at radius 2 is 2.00 bits per heavy atom. The highest BCUT2D eigenvalue weighted by atomic mass is 32.1. The number of amides is 1. The summed E-state index contributed by atoms with van der Waals surface area (Å²) in [6, 6.07) is 14.2. The monoisotopic (exact) mass is 423 g/mol. The van der Waals surface area contributed by atoms with Gasteiger partial charge in [-0.05, 0) is 36.8 Å². The van der Waals surface area contributed by atoms with Gasteiger partial charge in [0.1, 0.15) is 11.4 Å². The number of aromatic nitrogens is 2. The molecule has 1 N–H and O–H groups in total. The number of aryl methyl sites for hydroxylation is 1. The molecule has 0 fully saturated rings. The van der Waals surface area contributed by atoms with Gasteiger partial charge in [-0.15, -0.1) is 22.7 Å². The molecule has 7 heteroatoms. The van der Waals surface area contributed by atoms with E-state index < -0.39 is 0 Å². The van der Waals surface area contributed by atoms with Crippen LogP contribution < -0.4 is 10.9 Å². The molecule has 3 aromatic heterocycles. The summed E-state index contributed by atoms with van der Waals surface area (Å²) in [7, 11) is 0. The van der Waals surface area contributed by atoms with Crippen molar-refractivity contribution in [1.82, 2.24) is 14.9 Å². The standard InChI is InChI=1S/C22H21N3O2S2/c1-15(9-10-16-6-3-2-4-7-16)24-19(26)12-25-14-23-21-20(22(25)27)17(13-29-21)18-8-5-11-28-18/h2-8,11,13-15H,9-10,12H2,1H3,(H,24,26)/t15-/m0/s1. The lowest BCUT2D eigenvalue weighted by Gasteiger charge is -2.14. The van der Waals surface area contributed by atoms with Gasteiger partial charge < -0.3 is 5.32 Å². The molecule has 4 rings (SSSR count). The van der Waals surface area contributed by atoms with Gasteiger partial charge in [0.05, 0.1) is 11.7 Å². The number of fused-ring (bicyclic) bond motifs is 1. The van der Waals surface area contributed by atoms with Crippen molar-refractivity contribution in [2.45, 2.75) is 32.4 Å². The van der Waals surface area contributed by atoms with Crippen LogP contribution >= 0.6 is 22.7 Å². The van der Waals surface area contributed by atoms with Gasteiger partial charge in [0.15, 0.2) is 0 Å². The van der Waals surface area contributed by atoms with Crippen molar-refractivity contribution in [2.75, 3.05) is 0 Å². The average molecular weight is 424 g/mol. The second-order valence-electron chi connectivity index (χ2n) is 6.98. The van der Waals surface area contributed by atoms with Crippen LogP contribution in [0.15, 0.2) is 64.3 Å². The summed E-state index contributed by atoms with van der Waals surface area (Å²) < 4.78 is 1.39. The second-order valence-corrected chi connectivity index (χ2v) is 8.78. The lowest BCUT2D eigenvalue weighted by Crippen LogP contribution is -2.37. The Labute approximate surface area is 176 Å². The topological polar surface area (TPSA) is 64.0 Å². The summed E-state index contributed by atoms with van der Waals surface area (Å²) in [6.45, 7) is 1.95. The molecule has 0 spiro atoms. The molecule has 29 heavy (non-hydrogen) atoms. The van der Waals surface area contributed by atoms with Crippen LogP contribution in [0.4, 0.5) is 0 Å². The molecular weight excluding hydrogens is 402 g/mol. The molecule has 0 aliphatic carbocycles. The van der Waals surface area contributed by atoms with E-state index in [0.717, 1.165) is 23.3 Å². The second kappa shape index (κ2) is 8.71. The van der Waals surface area contributed by atoms with Crippen LogP contribution in [-0.4, -0.2) is 21.5 Å². The number of rotatable bonds is 7. The molecule has 0 unspecified atom stereocenters. The predicted molar refractivity (Wildman–Crippen MR) is 120 cm³/mol. The minimum atomic E-state index is -0.179. The first-order valence-electron chi connectivity index (χ1n) is 9.45. The molecular formula is C22H21N3O2S2. The van der Waals surface area contributed by atoms with Crippen molar-refractivity contribution in [1.29, 1.82) is 0 Å². The van der Waals surface area contributed by atoms with E-state index in [4.69, 9.17) is 0 Å². The van der Waals surface area contributed by atoms with E-state index >= 15 is 0 Å². The third-order valence-corrected chi connectivity index (χ3v) is 6.57. The molecule has 5 nitrogen and oxygen atoms in total. The van der Waals surface area contributed by atoms with Crippen molar-refractivity contribution < 1.29 is 4.79 Å². The number of benzene rings is 1. The number of hydrogen-bond acceptors (Lipinski definition) is 5. The zero-order chi connectivity index (χ0) is 20.2. The zero-order valence-corrected chi connectivity index (χ0v) is 17.6. The first kappa shape index (κ1) is 19.5. The summed E-state index contributed by atoms with van der Waals surface area (Å²) in [6.07, 6.45) is 3.21. The molecule has 0 saturated heterocycles. The molecule has 0 aliphatic heterocycles. The maximum absolute atomic E-state index is 13.0. The Balaban J connectivity index is 1.45. The van der Waals surface area contributed by atoms with Gasteiger partial charge in [-0.25, -0.2) is 4.98 Å². The fourth-order valence-corrected chi connectivity index (χ4v) is 4.99. The van der Waals surface area contributed by atoms with Crippen LogP contribution in [0.5, 0.6) is 0 Å². The molecule has 1 aromatic carbocycles. The quantitative estimate of drug-likeness (QED) is 0.481. The lowest BCUT2D eigenvalue weighted by molar-refractivity contribution is -0.122. The van der Waals surface area contributed by atoms with Crippen LogP contribution in [-0.2, 0) is 17.8 Å². The number of nitrogens with zero attached hydrogens (tertiary/aromatic N) is 2. The number of hydrogen-bond donors (Lipinski definition) is 1. The summed E-state index contributed by atoms with van der Waals surface area (Å²) in [4.78, 5) is 31.6. The first-order chi connectivity index (χ1) is 14.1. The van der Waals surface area contributed by atoms with Crippen molar-refractivity contribution >= 4 is 38.8 Å². The summed E-state index contributed by atoms with van der Waals surface area (Å²) in [5.41, 5.74) is 1.97. The normalized spacial score (nSPS) is 12.2. The number of thiophene rings is 2. The molecule has 0 saturated carbocycles. The highest BCUT2D eigenvalue weighted by Gasteiger charge is 2.16. The smallest absolute Gasteiger partial charge is 0.263 e. The Kier molecular flexibility index (Phi) is 5.87. The van der Waals surface area contributed by atoms with Crippen LogP contribution in [0.1, 0.15) is 18.9 Å². The van der Waals surface area contributed by atoms with Crippen LogP contribution in [0.25, 0.3) is 20.7 Å². The van der Waals surface area contributed by atoms with E-state index in [2.05, 4.69) is 22.4 Å². The molecule has 0 bridgehead atoms. The SMILES string of the molecule is C[C@@H](CCc1ccccc1)NC(=O)Cn1cnc2scc(-c3cccs3)c2c1=O. The van der Waals surface area contributed by atoms with Crippen molar-refractivity contribution in [3.63, 3.8) is 0 Å². The average Bonchev–Trinajstić information content (AvgIpc) is 3.39. The third-order valence-electron chi connectivity index (χ3n) is 4.78. The molecule has 3 heterocycles. The van der Waals surface area contributed by atoms with Crippen molar-refractivity contribution in [3.05, 3.63) is 75.5 Å². The van der Waals surface area contributed by atoms with E-state index in [1.165, 1.54) is 27.8 Å². The van der Waals surface area contributed by atoms with E-state index in [1.807, 2.05) is 48.0 Å². The van der Waals surface area contributed by atoms with Gasteiger partial charge in [-0.3, -0.25) is 14.2 Å². The summed E-state index contributed by atoms with van der Waals surface area (Å²) in [5, 5.41) is 7.52. The Morgan fingerprint density at radius 3 is 2.76 bits per heavy atom.